The topological polar surface area (TPSA) is 40.5 Å². The minimum Gasteiger partial charge on any atom is -0.394 e. The van der Waals surface area contributed by atoms with Crippen LogP contribution >= 0.6 is 11.3 Å². The molecule has 0 bridgehead atoms. The third-order valence-electron chi connectivity index (χ3n) is 2.96. The number of aliphatic hydroxyl groups is 1. The zero-order valence-corrected chi connectivity index (χ0v) is 11.0. The number of thiophene rings is 1. The number of amides is 1. The summed E-state index contributed by atoms with van der Waals surface area (Å²) in [6.45, 7) is 1.66. The summed E-state index contributed by atoms with van der Waals surface area (Å²) in [7, 11) is 1.63. The van der Waals surface area contributed by atoms with Gasteiger partial charge in [-0.2, -0.15) is 0 Å². The standard InChI is InChI=1S/C13H14FNO2S/c1-8(7-16)15(2)13(17)12-6-9-10(14)4-3-5-11(9)18-12/h3-6,8,16H,7H2,1-2H3. The molecule has 0 fully saturated rings. The van der Waals surface area contributed by atoms with Gasteiger partial charge in [-0.15, -0.1) is 11.3 Å². The van der Waals surface area contributed by atoms with Gasteiger partial charge in [-0.05, 0) is 25.1 Å². The van der Waals surface area contributed by atoms with Crippen LogP contribution in [0.3, 0.4) is 0 Å². The molecule has 18 heavy (non-hydrogen) atoms. The number of aliphatic hydroxyl groups excluding tert-OH is 1. The second kappa shape index (κ2) is 5.04. The van der Waals surface area contributed by atoms with Crippen molar-refractivity contribution in [3.05, 3.63) is 35.0 Å². The van der Waals surface area contributed by atoms with Crippen molar-refractivity contribution < 1.29 is 14.3 Å². The molecule has 1 heterocycles. The number of carbonyl (C=O) groups is 1. The van der Waals surface area contributed by atoms with Gasteiger partial charge in [-0.3, -0.25) is 4.79 Å². The maximum atomic E-state index is 13.5. The molecule has 1 aromatic carbocycles. The molecule has 5 heteroatoms. The third-order valence-corrected chi connectivity index (χ3v) is 4.05. The van der Waals surface area contributed by atoms with E-state index < -0.39 is 0 Å². The molecule has 0 saturated heterocycles. The Morgan fingerprint density at radius 3 is 2.89 bits per heavy atom. The Kier molecular flexibility index (Phi) is 3.63. The summed E-state index contributed by atoms with van der Waals surface area (Å²) in [6, 6.07) is 6.10. The molecule has 0 radical (unpaired) electrons. The molecule has 0 aliphatic heterocycles. The largest absolute Gasteiger partial charge is 0.394 e. The van der Waals surface area contributed by atoms with Crippen LogP contribution in [-0.2, 0) is 0 Å². The first kappa shape index (κ1) is 13.0. The maximum absolute atomic E-state index is 13.5. The van der Waals surface area contributed by atoms with Crippen molar-refractivity contribution in [3.63, 3.8) is 0 Å². The van der Waals surface area contributed by atoms with Gasteiger partial charge in [0.15, 0.2) is 0 Å². The van der Waals surface area contributed by atoms with Gasteiger partial charge in [-0.25, -0.2) is 4.39 Å². The Hall–Kier alpha value is -1.46. The lowest BCUT2D eigenvalue weighted by Crippen LogP contribution is -2.36. The highest BCUT2D eigenvalue weighted by atomic mass is 32.1. The van der Waals surface area contributed by atoms with Gasteiger partial charge in [0.1, 0.15) is 5.82 Å². The first-order valence-corrected chi connectivity index (χ1v) is 6.42. The van der Waals surface area contributed by atoms with Crippen LogP contribution in [0.5, 0.6) is 0 Å². The molecule has 0 aliphatic carbocycles. The van der Waals surface area contributed by atoms with E-state index in [0.29, 0.717) is 10.3 Å². The Balaban J connectivity index is 2.37. The Morgan fingerprint density at radius 1 is 1.56 bits per heavy atom. The highest BCUT2D eigenvalue weighted by Crippen LogP contribution is 2.28. The molecule has 0 aliphatic rings. The molecule has 3 nitrogen and oxygen atoms in total. The molecule has 1 atom stereocenters. The van der Waals surface area contributed by atoms with Gasteiger partial charge >= 0.3 is 0 Å². The van der Waals surface area contributed by atoms with Crippen LogP contribution in [0.1, 0.15) is 16.6 Å². The van der Waals surface area contributed by atoms with Crippen LogP contribution in [0, 0.1) is 5.82 Å². The molecule has 1 N–H and O–H groups in total. The number of hydrogen-bond acceptors (Lipinski definition) is 3. The molecule has 96 valence electrons. The van der Waals surface area contributed by atoms with Crippen LogP contribution in [0.15, 0.2) is 24.3 Å². The van der Waals surface area contributed by atoms with E-state index in [1.807, 2.05) is 0 Å². The molecule has 2 aromatic rings. The number of benzene rings is 1. The van der Waals surface area contributed by atoms with Gasteiger partial charge in [-0.1, -0.05) is 6.07 Å². The summed E-state index contributed by atoms with van der Waals surface area (Å²) in [5, 5.41) is 9.50. The van der Waals surface area contributed by atoms with Crippen LogP contribution in [0.25, 0.3) is 10.1 Å². The molecule has 0 saturated carbocycles. The lowest BCUT2D eigenvalue weighted by molar-refractivity contribution is 0.0687. The molecular formula is C13H14FNO2S. The molecule has 1 aromatic heterocycles. The number of nitrogens with zero attached hydrogens (tertiary/aromatic N) is 1. The van der Waals surface area contributed by atoms with Crippen LogP contribution < -0.4 is 0 Å². The summed E-state index contributed by atoms with van der Waals surface area (Å²) < 4.78 is 14.3. The van der Waals surface area contributed by atoms with Crippen LogP contribution in [0.4, 0.5) is 4.39 Å². The van der Waals surface area contributed by atoms with Crippen LogP contribution in [-0.4, -0.2) is 35.6 Å². The second-order valence-electron chi connectivity index (χ2n) is 4.21. The highest BCUT2D eigenvalue weighted by molar-refractivity contribution is 7.20. The van der Waals surface area contributed by atoms with Crippen LogP contribution in [0.2, 0.25) is 0 Å². The van der Waals surface area contributed by atoms with E-state index in [9.17, 15) is 9.18 Å². The van der Waals surface area contributed by atoms with Gasteiger partial charge in [0.05, 0.1) is 17.5 Å². The summed E-state index contributed by atoms with van der Waals surface area (Å²) in [5.41, 5.74) is 0. The normalized spacial score (nSPS) is 12.7. The minimum atomic E-state index is -0.319. The zero-order valence-electron chi connectivity index (χ0n) is 10.2. The van der Waals surface area contributed by atoms with Crippen molar-refractivity contribution in [2.75, 3.05) is 13.7 Å². The van der Waals surface area contributed by atoms with Crippen molar-refractivity contribution in [1.29, 1.82) is 0 Å². The molecule has 1 unspecified atom stereocenters. The predicted molar refractivity (Wildman–Crippen MR) is 70.4 cm³/mol. The first-order chi connectivity index (χ1) is 8.54. The average molecular weight is 267 g/mol. The van der Waals surface area contributed by atoms with Crippen molar-refractivity contribution in [3.8, 4) is 0 Å². The van der Waals surface area contributed by atoms with E-state index in [1.165, 1.54) is 22.3 Å². The Morgan fingerprint density at radius 2 is 2.28 bits per heavy atom. The van der Waals surface area contributed by atoms with Gasteiger partial charge in [0.2, 0.25) is 0 Å². The molecule has 2 rings (SSSR count). The van der Waals surface area contributed by atoms with Crippen molar-refractivity contribution >= 4 is 27.3 Å². The summed E-state index contributed by atoms with van der Waals surface area (Å²) in [5.74, 6) is -0.516. The quantitative estimate of drug-likeness (QED) is 0.928. The summed E-state index contributed by atoms with van der Waals surface area (Å²) in [4.78, 5) is 14.1. The fraction of sp³-hybridized carbons (Fsp3) is 0.308. The lowest BCUT2D eigenvalue weighted by Gasteiger charge is -2.22. The van der Waals surface area contributed by atoms with E-state index in [-0.39, 0.29) is 24.4 Å². The van der Waals surface area contributed by atoms with E-state index in [2.05, 4.69) is 0 Å². The fourth-order valence-corrected chi connectivity index (χ4v) is 2.69. The Labute approximate surface area is 108 Å². The average Bonchev–Trinajstić information content (AvgIpc) is 2.81. The number of carbonyl (C=O) groups excluding carboxylic acids is 1. The second-order valence-corrected chi connectivity index (χ2v) is 5.29. The van der Waals surface area contributed by atoms with Crippen molar-refractivity contribution in [2.24, 2.45) is 0 Å². The number of halogens is 1. The number of hydrogen-bond donors (Lipinski definition) is 1. The third kappa shape index (κ3) is 2.23. The molecular weight excluding hydrogens is 253 g/mol. The molecule has 0 spiro atoms. The lowest BCUT2D eigenvalue weighted by atomic mass is 10.2. The monoisotopic (exact) mass is 267 g/mol. The van der Waals surface area contributed by atoms with E-state index in [0.717, 1.165) is 4.70 Å². The fourth-order valence-electron chi connectivity index (χ4n) is 1.63. The van der Waals surface area contributed by atoms with Gasteiger partial charge in [0.25, 0.3) is 5.91 Å². The number of likely N-dealkylation sites (N-methyl/N-ethyl adjacent to an activating group) is 1. The SMILES string of the molecule is CC(CO)N(C)C(=O)c1cc2c(F)cccc2s1. The Bertz CT molecular complexity index is 581. The summed E-state index contributed by atoms with van der Waals surface area (Å²) >= 11 is 1.26. The zero-order chi connectivity index (χ0) is 13.3. The van der Waals surface area contributed by atoms with Crippen molar-refractivity contribution in [1.82, 2.24) is 4.90 Å². The number of fused-ring (bicyclic) bond motifs is 1. The maximum Gasteiger partial charge on any atom is 0.264 e. The van der Waals surface area contributed by atoms with E-state index in [4.69, 9.17) is 5.11 Å². The van der Waals surface area contributed by atoms with Gasteiger partial charge < -0.3 is 10.0 Å². The number of rotatable bonds is 3. The van der Waals surface area contributed by atoms with E-state index >= 15 is 0 Å². The van der Waals surface area contributed by atoms with Crippen molar-refractivity contribution in [2.45, 2.75) is 13.0 Å². The molecule has 1 amide bonds. The summed E-state index contributed by atoms with van der Waals surface area (Å²) in [6.07, 6.45) is 0. The smallest absolute Gasteiger partial charge is 0.264 e. The van der Waals surface area contributed by atoms with Gasteiger partial charge in [0, 0.05) is 17.1 Å². The predicted octanol–water partition coefficient (Wildman–Crippen LogP) is 2.49. The minimum absolute atomic E-state index is 0.0957. The first-order valence-electron chi connectivity index (χ1n) is 5.60. The highest BCUT2D eigenvalue weighted by Gasteiger charge is 2.19. The van der Waals surface area contributed by atoms with E-state index in [1.54, 1.807) is 32.2 Å².